The molecule has 0 aromatic carbocycles. The number of thioether (sulfide) groups is 1. The molecule has 0 amide bonds. The molecule has 136 valence electrons. The van der Waals surface area contributed by atoms with Gasteiger partial charge in [-0.15, -0.1) is 24.0 Å². The Morgan fingerprint density at radius 3 is 2.74 bits per heavy atom. The number of halogens is 1. The van der Waals surface area contributed by atoms with Crippen molar-refractivity contribution in [3.05, 3.63) is 0 Å². The summed E-state index contributed by atoms with van der Waals surface area (Å²) in [6.07, 6.45) is 6.73. The highest BCUT2D eigenvalue weighted by molar-refractivity contribution is 14.0. The van der Waals surface area contributed by atoms with E-state index in [1.807, 2.05) is 7.05 Å². The van der Waals surface area contributed by atoms with Gasteiger partial charge in [0.2, 0.25) is 0 Å². The van der Waals surface area contributed by atoms with Crippen molar-refractivity contribution in [1.82, 2.24) is 15.5 Å². The Kier molecular flexibility index (Phi) is 9.59. The summed E-state index contributed by atoms with van der Waals surface area (Å²) < 4.78 is 0.380. The fourth-order valence-corrected chi connectivity index (χ4v) is 4.85. The summed E-state index contributed by atoms with van der Waals surface area (Å²) in [5, 5.41) is 7.04. The molecule has 6 heteroatoms. The van der Waals surface area contributed by atoms with E-state index >= 15 is 0 Å². The molecule has 2 aliphatic rings. The van der Waals surface area contributed by atoms with Crippen LogP contribution in [0.25, 0.3) is 0 Å². The first-order chi connectivity index (χ1) is 10.5. The normalized spacial score (nSPS) is 30.6. The summed E-state index contributed by atoms with van der Waals surface area (Å²) in [6, 6.07) is 1.28. The molecule has 0 bridgehead atoms. The van der Waals surface area contributed by atoms with Crippen LogP contribution in [0, 0.1) is 0 Å². The summed E-state index contributed by atoms with van der Waals surface area (Å²) in [4.78, 5) is 7.02. The number of hydrogen-bond donors (Lipinski definition) is 2. The first-order valence-electron chi connectivity index (χ1n) is 8.88. The maximum atomic E-state index is 4.38. The molecule has 0 saturated carbocycles. The average molecular weight is 454 g/mol. The summed E-state index contributed by atoms with van der Waals surface area (Å²) in [6.45, 7) is 10.3. The van der Waals surface area contributed by atoms with Crippen LogP contribution in [0.15, 0.2) is 4.99 Å². The van der Waals surface area contributed by atoms with Crippen molar-refractivity contribution in [1.29, 1.82) is 0 Å². The van der Waals surface area contributed by atoms with Gasteiger partial charge < -0.3 is 10.6 Å². The molecule has 2 N–H and O–H groups in total. The first kappa shape index (κ1) is 21.4. The SMILES string of the molecule is CN=C(NCC(C)N1CCCCC1C)NCC1(C)CCCS1.I. The van der Waals surface area contributed by atoms with E-state index in [1.165, 1.54) is 44.4 Å². The van der Waals surface area contributed by atoms with Crippen LogP contribution in [0.4, 0.5) is 0 Å². The zero-order chi connectivity index (χ0) is 16.0. The lowest BCUT2D eigenvalue weighted by Gasteiger charge is -2.38. The van der Waals surface area contributed by atoms with Crippen LogP contribution in [0.2, 0.25) is 0 Å². The number of guanidine groups is 1. The number of rotatable bonds is 5. The van der Waals surface area contributed by atoms with E-state index in [2.05, 4.69) is 53.1 Å². The molecular formula is C17H35IN4S. The fourth-order valence-electron chi connectivity index (χ4n) is 3.60. The third kappa shape index (κ3) is 6.61. The molecule has 0 aromatic rings. The van der Waals surface area contributed by atoms with Gasteiger partial charge in [0.25, 0.3) is 0 Å². The van der Waals surface area contributed by atoms with Gasteiger partial charge in [0.05, 0.1) is 0 Å². The van der Waals surface area contributed by atoms with Gasteiger partial charge >= 0.3 is 0 Å². The largest absolute Gasteiger partial charge is 0.355 e. The maximum Gasteiger partial charge on any atom is 0.191 e. The Bertz CT molecular complexity index is 372. The van der Waals surface area contributed by atoms with Crippen molar-refractivity contribution in [2.24, 2.45) is 4.99 Å². The van der Waals surface area contributed by atoms with Crippen molar-refractivity contribution < 1.29 is 0 Å². The zero-order valence-corrected chi connectivity index (χ0v) is 18.4. The Labute approximate surface area is 164 Å². The monoisotopic (exact) mass is 454 g/mol. The summed E-state index contributed by atoms with van der Waals surface area (Å²) in [7, 11) is 1.87. The van der Waals surface area contributed by atoms with Gasteiger partial charge in [-0.1, -0.05) is 6.42 Å². The zero-order valence-electron chi connectivity index (χ0n) is 15.2. The Balaban J connectivity index is 0.00000264. The minimum atomic E-state index is 0. The minimum Gasteiger partial charge on any atom is -0.355 e. The van der Waals surface area contributed by atoms with Crippen LogP contribution < -0.4 is 10.6 Å². The number of aliphatic imine (C=N–C) groups is 1. The molecule has 4 nitrogen and oxygen atoms in total. The third-order valence-electron chi connectivity index (χ3n) is 5.14. The molecular weight excluding hydrogens is 419 g/mol. The quantitative estimate of drug-likeness (QED) is 0.380. The predicted molar refractivity (Wildman–Crippen MR) is 114 cm³/mol. The predicted octanol–water partition coefficient (Wildman–Crippen LogP) is 3.32. The molecule has 0 radical (unpaired) electrons. The van der Waals surface area contributed by atoms with Crippen molar-refractivity contribution >= 4 is 41.7 Å². The average Bonchev–Trinajstić information content (AvgIpc) is 2.94. The van der Waals surface area contributed by atoms with Crippen LogP contribution >= 0.6 is 35.7 Å². The Morgan fingerprint density at radius 2 is 2.13 bits per heavy atom. The highest BCUT2D eigenvalue weighted by Crippen LogP contribution is 2.36. The van der Waals surface area contributed by atoms with Gasteiger partial charge in [-0.05, 0) is 58.8 Å². The lowest BCUT2D eigenvalue weighted by Crippen LogP contribution is -2.51. The molecule has 2 saturated heterocycles. The van der Waals surface area contributed by atoms with E-state index in [0.29, 0.717) is 16.8 Å². The number of likely N-dealkylation sites (tertiary alicyclic amines) is 1. The number of nitrogens with one attached hydrogen (secondary N) is 2. The molecule has 23 heavy (non-hydrogen) atoms. The van der Waals surface area contributed by atoms with Crippen molar-refractivity contribution in [3.63, 3.8) is 0 Å². The van der Waals surface area contributed by atoms with E-state index in [9.17, 15) is 0 Å². The van der Waals surface area contributed by atoms with Crippen LogP contribution in [-0.4, -0.2) is 60.1 Å². The van der Waals surface area contributed by atoms with Crippen LogP contribution in [0.1, 0.15) is 52.9 Å². The van der Waals surface area contributed by atoms with Crippen LogP contribution in [0.5, 0.6) is 0 Å². The second-order valence-corrected chi connectivity index (χ2v) is 8.82. The van der Waals surface area contributed by atoms with Gasteiger partial charge in [-0.2, -0.15) is 11.8 Å². The van der Waals surface area contributed by atoms with Gasteiger partial charge in [0.1, 0.15) is 0 Å². The van der Waals surface area contributed by atoms with E-state index < -0.39 is 0 Å². The highest BCUT2D eigenvalue weighted by atomic mass is 127. The first-order valence-corrected chi connectivity index (χ1v) is 9.87. The highest BCUT2D eigenvalue weighted by Gasteiger charge is 2.29. The third-order valence-corrected chi connectivity index (χ3v) is 6.68. The van der Waals surface area contributed by atoms with Gasteiger partial charge in [-0.3, -0.25) is 9.89 Å². The lowest BCUT2D eigenvalue weighted by molar-refractivity contribution is 0.115. The molecule has 0 aromatic heterocycles. The van der Waals surface area contributed by atoms with Gasteiger partial charge in [-0.25, -0.2) is 0 Å². The van der Waals surface area contributed by atoms with Crippen LogP contribution in [-0.2, 0) is 0 Å². The number of hydrogen-bond acceptors (Lipinski definition) is 3. The minimum absolute atomic E-state index is 0. The van der Waals surface area contributed by atoms with E-state index in [-0.39, 0.29) is 24.0 Å². The van der Waals surface area contributed by atoms with E-state index in [1.54, 1.807) is 0 Å². The molecule has 3 atom stereocenters. The number of nitrogens with zero attached hydrogens (tertiary/aromatic N) is 2. The molecule has 2 fully saturated rings. The van der Waals surface area contributed by atoms with Crippen molar-refractivity contribution in [3.8, 4) is 0 Å². The molecule has 2 heterocycles. The van der Waals surface area contributed by atoms with E-state index in [4.69, 9.17) is 0 Å². The lowest BCUT2D eigenvalue weighted by atomic mass is 10.0. The smallest absolute Gasteiger partial charge is 0.191 e. The summed E-state index contributed by atoms with van der Waals surface area (Å²) >= 11 is 2.09. The second-order valence-electron chi connectivity index (χ2n) is 7.14. The van der Waals surface area contributed by atoms with Gasteiger partial charge in [0.15, 0.2) is 5.96 Å². The number of piperidine rings is 1. The molecule has 0 spiro atoms. The molecule has 2 rings (SSSR count). The maximum absolute atomic E-state index is 4.38. The van der Waals surface area contributed by atoms with Crippen molar-refractivity contribution in [2.75, 3.05) is 32.4 Å². The Hall–Kier alpha value is 0.310. The second kappa shape index (κ2) is 10.3. The molecule has 3 unspecified atom stereocenters. The topological polar surface area (TPSA) is 39.7 Å². The van der Waals surface area contributed by atoms with E-state index in [0.717, 1.165) is 19.0 Å². The molecule has 0 aliphatic carbocycles. The fraction of sp³-hybridized carbons (Fsp3) is 0.941. The standard InChI is InChI=1S/C17H34N4S.HI/c1-14-8-5-6-10-21(14)15(2)12-19-16(18-4)20-13-17(3)9-7-11-22-17;/h14-15H,5-13H2,1-4H3,(H2,18,19,20);1H. The summed E-state index contributed by atoms with van der Waals surface area (Å²) in [5.41, 5.74) is 0. The molecule has 2 aliphatic heterocycles. The van der Waals surface area contributed by atoms with Crippen molar-refractivity contribution in [2.45, 2.75) is 69.7 Å². The van der Waals surface area contributed by atoms with Crippen LogP contribution in [0.3, 0.4) is 0 Å². The van der Waals surface area contributed by atoms with Gasteiger partial charge in [0, 0.05) is 37.0 Å². The summed E-state index contributed by atoms with van der Waals surface area (Å²) in [5.74, 6) is 2.25. The Morgan fingerprint density at radius 1 is 1.35 bits per heavy atom.